The zero-order valence-corrected chi connectivity index (χ0v) is 11.8. The SMILES string of the molecule is COC(C)CNC(=O)COc1ccccc1C(N)=S. The number of carbonyl (C=O) groups excluding carboxylic acids is 1. The molecule has 0 spiro atoms. The van der Waals surface area contributed by atoms with Crippen molar-refractivity contribution in [3.05, 3.63) is 29.8 Å². The third kappa shape index (κ3) is 5.23. The normalized spacial score (nSPS) is 11.7. The fourth-order valence-corrected chi connectivity index (χ4v) is 1.50. The molecule has 0 aliphatic rings. The van der Waals surface area contributed by atoms with Crippen LogP contribution < -0.4 is 15.8 Å². The average Bonchev–Trinajstić information content (AvgIpc) is 2.42. The molecule has 0 radical (unpaired) electrons. The fourth-order valence-electron chi connectivity index (χ4n) is 1.33. The minimum Gasteiger partial charge on any atom is -0.483 e. The van der Waals surface area contributed by atoms with Crippen LogP contribution in [0.15, 0.2) is 24.3 Å². The minimum absolute atomic E-state index is 0.0344. The third-order valence-electron chi connectivity index (χ3n) is 2.50. The molecule has 1 atom stereocenters. The monoisotopic (exact) mass is 282 g/mol. The van der Waals surface area contributed by atoms with Crippen LogP contribution in [-0.4, -0.2) is 37.3 Å². The number of para-hydroxylation sites is 1. The second-order valence-corrected chi connectivity index (χ2v) is 4.44. The first kappa shape index (κ1) is 15.4. The Balaban J connectivity index is 2.48. The van der Waals surface area contributed by atoms with Gasteiger partial charge < -0.3 is 20.5 Å². The van der Waals surface area contributed by atoms with Crippen molar-refractivity contribution in [3.63, 3.8) is 0 Å². The van der Waals surface area contributed by atoms with Crippen molar-refractivity contribution in [2.24, 2.45) is 5.73 Å². The van der Waals surface area contributed by atoms with Crippen molar-refractivity contribution < 1.29 is 14.3 Å². The van der Waals surface area contributed by atoms with E-state index >= 15 is 0 Å². The van der Waals surface area contributed by atoms with Crippen LogP contribution in [0.25, 0.3) is 0 Å². The van der Waals surface area contributed by atoms with E-state index in [9.17, 15) is 4.79 Å². The molecule has 0 aromatic heterocycles. The molecular formula is C13H18N2O3S. The average molecular weight is 282 g/mol. The van der Waals surface area contributed by atoms with Crippen LogP contribution in [0, 0.1) is 0 Å². The highest BCUT2D eigenvalue weighted by atomic mass is 32.1. The molecule has 0 saturated carbocycles. The molecule has 19 heavy (non-hydrogen) atoms. The number of hydrogen-bond donors (Lipinski definition) is 2. The molecule has 0 aliphatic heterocycles. The van der Waals surface area contributed by atoms with Crippen LogP contribution in [-0.2, 0) is 9.53 Å². The zero-order valence-electron chi connectivity index (χ0n) is 11.0. The Morgan fingerprint density at radius 3 is 2.79 bits per heavy atom. The molecule has 0 bridgehead atoms. The van der Waals surface area contributed by atoms with Crippen LogP contribution in [0.5, 0.6) is 5.75 Å². The Morgan fingerprint density at radius 1 is 1.47 bits per heavy atom. The van der Waals surface area contributed by atoms with Gasteiger partial charge in [0.2, 0.25) is 0 Å². The van der Waals surface area contributed by atoms with Gasteiger partial charge in [-0.2, -0.15) is 0 Å². The molecule has 1 unspecified atom stereocenters. The summed E-state index contributed by atoms with van der Waals surface area (Å²) in [6, 6.07) is 7.08. The van der Waals surface area contributed by atoms with Crippen molar-refractivity contribution >= 4 is 23.1 Å². The van der Waals surface area contributed by atoms with Crippen LogP contribution in [0.4, 0.5) is 0 Å². The summed E-state index contributed by atoms with van der Waals surface area (Å²) in [6.07, 6.45) is -0.0344. The van der Waals surface area contributed by atoms with Gasteiger partial charge in [0.25, 0.3) is 5.91 Å². The Bertz CT molecular complexity index is 451. The molecule has 1 rings (SSSR count). The Kier molecular flexibility index (Phi) is 6.24. The number of ether oxygens (including phenoxy) is 2. The molecule has 1 aromatic rings. The maximum Gasteiger partial charge on any atom is 0.258 e. The van der Waals surface area contributed by atoms with Crippen LogP contribution in [0.3, 0.4) is 0 Å². The maximum absolute atomic E-state index is 11.6. The van der Waals surface area contributed by atoms with Gasteiger partial charge in [-0.25, -0.2) is 0 Å². The number of thiocarbonyl (C=S) groups is 1. The lowest BCUT2D eigenvalue weighted by Crippen LogP contribution is -2.35. The van der Waals surface area contributed by atoms with Gasteiger partial charge in [-0.3, -0.25) is 4.79 Å². The second kappa shape index (κ2) is 7.70. The first-order valence-electron chi connectivity index (χ1n) is 5.85. The van der Waals surface area contributed by atoms with Gasteiger partial charge in [0.15, 0.2) is 6.61 Å². The molecule has 0 fully saturated rings. The number of amides is 1. The predicted octanol–water partition coefficient (Wildman–Crippen LogP) is 0.851. The molecule has 1 aromatic carbocycles. The van der Waals surface area contributed by atoms with Crippen LogP contribution >= 0.6 is 12.2 Å². The minimum atomic E-state index is -0.221. The molecule has 0 aliphatic carbocycles. The van der Waals surface area contributed by atoms with Gasteiger partial charge in [0, 0.05) is 13.7 Å². The quantitative estimate of drug-likeness (QED) is 0.725. The molecule has 5 nitrogen and oxygen atoms in total. The van der Waals surface area contributed by atoms with Crippen molar-refractivity contribution in [1.82, 2.24) is 5.32 Å². The first-order chi connectivity index (χ1) is 9.04. The van der Waals surface area contributed by atoms with Crippen molar-refractivity contribution in [2.75, 3.05) is 20.3 Å². The fraction of sp³-hybridized carbons (Fsp3) is 0.385. The van der Waals surface area contributed by atoms with E-state index in [0.717, 1.165) is 0 Å². The molecule has 6 heteroatoms. The Labute approximate surface area is 118 Å². The standard InChI is InChI=1S/C13H18N2O3S/c1-9(17-2)7-15-12(16)8-18-11-6-4-3-5-10(11)13(14)19/h3-6,9H,7-8H2,1-2H3,(H2,14,19)(H,15,16). The van der Waals surface area contributed by atoms with E-state index < -0.39 is 0 Å². The van der Waals surface area contributed by atoms with Gasteiger partial charge in [-0.1, -0.05) is 24.4 Å². The van der Waals surface area contributed by atoms with E-state index in [1.807, 2.05) is 13.0 Å². The smallest absolute Gasteiger partial charge is 0.258 e. The Morgan fingerprint density at radius 2 is 2.16 bits per heavy atom. The highest BCUT2D eigenvalue weighted by molar-refractivity contribution is 7.80. The number of benzene rings is 1. The largest absolute Gasteiger partial charge is 0.483 e. The summed E-state index contributed by atoms with van der Waals surface area (Å²) in [5, 5.41) is 2.70. The van der Waals surface area contributed by atoms with Gasteiger partial charge >= 0.3 is 0 Å². The van der Waals surface area contributed by atoms with Gasteiger partial charge in [0.1, 0.15) is 10.7 Å². The number of nitrogens with two attached hydrogens (primary N) is 1. The van der Waals surface area contributed by atoms with E-state index in [1.54, 1.807) is 25.3 Å². The molecule has 0 saturated heterocycles. The van der Waals surface area contributed by atoms with Crippen LogP contribution in [0.1, 0.15) is 12.5 Å². The summed E-state index contributed by atoms with van der Waals surface area (Å²) >= 11 is 4.91. The lowest BCUT2D eigenvalue weighted by molar-refractivity contribution is -0.123. The summed E-state index contributed by atoms with van der Waals surface area (Å²) in [6.45, 7) is 2.22. The van der Waals surface area contributed by atoms with Crippen molar-refractivity contribution in [3.8, 4) is 5.75 Å². The molecule has 0 heterocycles. The zero-order chi connectivity index (χ0) is 14.3. The van der Waals surface area contributed by atoms with E-state index in [-0.39, 0.29) is 23.6 Å². The van der Waals surface area contributed by atoms with Gasteiger partial charge in [-0.05, 0) is 19.1 Å². The molecule has 3 N–H and O–H groups in total. The van der Waals surface area contributed by atoms with E-state index in [1.165, 1.54) is 0 Å². The second-order valence-electron chi connectivity index (χ2n) is 4.00. The third-order valence-corrected chi connectivity index (χ3v) is 2.72. The summed E-state index contributed by atoms with van der Waals surface area (Å²) in [7, 11) is 1.59. The summed E-state index contributed by atoms with van der Waals surface area (Å²) < 4.78 is 10.4. The number of carbonyl (C=O) groups is 1. The maximum atomic E-state index is 11.6. The number of methoxy groups -OCH3 is 1. The van der Waals surface area contributed by atoms with E-state index in [0.29, 0.717) is 17.9 Å². The first-order valence-corrected chi connectivity index (χ1v) is 6.26. The number of rotatable bonds is 7. The van der Waals surface area contributed by atoms with Crippen molar-refractivity contribution in [2.45, 2.75) is 13.0 Å². The predicted molar refractivity (Wildman–Crippen MR) is 77.3 cm³/mol. The topological polar surface area (TPSA) is 73.6 Å². The lowest BCUT2D eigenvalue weighted by atomic mass is 10.2. The van der Waals surface area contributed by atoms with Gasteiger partial charge in [0.05, 0.1) is 11.7 Å². The van der Waals surface area contributed by atoms with Crippen molar-refractivity contribution in [1.29, 1.82) is 0 Å². The number of hydrogen-bond acceptors (Lipinski definition) is 4. The molecule has 104 valence electrons. The van der Waals surface area contributed by atoms with E-state index in [4.69, 9.17) is 27.4 Å². The van der Waals surface area contributed by atoms with Gasteiger partial charge in [-0.15, -0.1) is 0 Å². The Hall–Kier alpha value is -1.66. The summed E-state index contributed by atoms with van der Waals surface area (Å²) in [5.74, 6) is 0.284. The molecular weight excluding hydrogens is 264 g/mol. The van der Waals surface area contributed by atoms with Crippen LogP contribution in [0.2, 0.25) is 0 Å². The number of nitrogens with one attached hydrogen (secondary N) is 1. The lowest BCUT2D eigenvalue weighted by Gasteiger charge is -2.12. The highest BCUT2D eigenvalue weighted by Crippen LogP contribution is 2.17. The summed E-state index contributed by atoms with van der Waals surface area (Å²) in [5.41, 5.74) is 6.19. The highest BCUT2D eigenvalue weighted by Gasteiger charge is 2.09. The molecule has 1 amide bonds. The van der Waals surface area contributed by atoms with E-state index in [2.05, 4.69) is 5.32 Å². The summed E-state index contributed by atoms with van der Waals surface area (Å²) in [4.78, 5) is 11.8.